The Bertz CT molecular complexity index is 238. The molecule has 16 heavy (non-hydrogen) atoms. The highest BCUT2D eigenvalue weighted by molar-refractivity contribution is 5.68. The molecule has 0 spiro atoms. The molecule has 5 heteroatoms. The van der Waals surface area contributed by atoms with Crippen molar-refractivity contribution in [3.63, 3.8) is 0 Å². The molecule has 2 atom stereocenters. The van der Waals surface area contributed by atoms with Crippen LogP contribution in [0.25, 0.3) is 0 Å². The molecule has 0 saturated carbocycles. The number of ether oxygens (including phenoxy) is 1. The van der Waals surface area contributed by atoms with Gasteiger partial charge in [0.05, 0.1) is 0 Å². The lowest BCUT2D eigenvalue weighted by atomic mass is 9.94. The van der Waals surface area contributed by atoms with E-state index in [9.17, 15) is 4.79 Å². The number of carbonyl (C=O) groups excluding carboxylic acids is 1. The van der Waals surface area contributed by atoms with Crippen molar-refractivity contribution in [2.45, 2.75) is 38.8 Å². The molecule has 1 rings (SSSR count). The number of nitrogens with two attached hydrogens (primary N) is 1. The van der Waals surface area contributed by atoms with Crippen LogP contribution in [0.2, 0.25) is 0 Å². The summed E-state index contributed by atoms with van der Waals surface area (Å²) in [6.07, 6.45) is 0.555. The van der Waals surface area contributed by atoms with E-state index in [0.29, 0.717) is 12.5 Å². The van der Waals surface area contributed by atoms with Gasteiger partial charge in [0.15, 0.2) is 0 Å². The highest BCUT2D eigenvalue weighted by Gasteiger charge is 2.27. The van der Waals surface area contributed by atoms with Gasteiger partial charge in [0.1, 0.15) is 5.60 Å². The molecule has 5 nitrogen and oxygen atoms in total. The molecule has 0 aliphatic carbocycles. The first kappa shape index (κ1) is 13.3. The molecule has 1 saturated heterocycles. The van der Waals surface area contributed by atoms with E-state index in [4.69, 9.17) is 10.5 Å². The molecule has 1 aliphatic heterocycles. The second kappa shape index (κ2) is 5.50. The van der Waals surface area contributed by atoms with Crippen molar-refractivity contribution in [3.05, 3.63) is 0 Å². The van der Waals surface area contributed by atoms with Gasteiger partial charge in [-0.15, -0.1) is 0 Å². The third kappa shape index (κ3) is 4.37. The molecule has 1 fully saturated rings. The number of hydrogen-bond acceptors (Lipinski definition) is 4. The number of nitrogens with one attached hydrogen (secondary N) is 2. The fraction of sp³-hybridized carbons (Fsp3) is 0.909. The number of hydrogen-bond donors (Lipinski definition) is 3. The van der Waals surface area contributed by atoms with Crippen LogP contribution < -0.4 is 16.4 Å². The molecule has 0 aromatic heterocycles. The minimum absolute atomic E-state index is 0.126. The maximum absolute atomic E-state index is 11.6. The summed E-state index contributed by atoms with van der Waals surface area (Å²) < 4.78 is 5.22. The minimum atomic E-state index is -0.449. The van der Waals surface area contributed by atoms with Crippen LogP contribution in [0.1, 0.15) is 27.2 Å². The third-order valence-corrected chi connectivity index (χ3v) is 2.61. The minimum Gasteiger partial charge on any atom is -0.444 e. The van der Waals surface area contributed by atoms with E-state index in [-0.39, 0.29) is 12.1 Å². The van der Waals surface area contributed by atoms with Gasteiger partial charge in [-0.05, 0) is 40.3 Å². The molecule has 1 heterocycles. The van der Waals surface area contributed by atoms with Gasteiger partial charge in [-0.2, -0.15) is 0 Å². The highest BCUT2D eigenvalue weighted by atomic mass is 16.6. The Morgan fingerprint density at radius 3 is 2.81 bits per heavy atom. The Hall–Kier alpha value is -0.810. The summed E-state index contributed by atoms with van der Waals surface area (Å²) in [6.45, 7) is 7.92. The lowest BCUT2D eigenvalue weighted by Crippen LogP contribution is -2.52. The molecule has 94 valence electrons. The van der Waals surface area contributed by atoms with Crippen molar-refractivity contribution < 1.29 is 9.53 Å². The summed E-state index contributed by atoms with van der Waals surface area (Å²) in [4.78, 5) is 11.6. The summed E-state index contributed by atoms with van der Waals surface area (Å²) in [6, 6.07) is 0.126. The van der Waals surface area contributed by atoms with Crippen LogP contribution in [0.5, 0.6) is 0 Å². The van der Waals surface area contributed by atoms with Gasteiger partial charge < -0.3 is 21.1 Å². The smallest absolute Gasteiger partial charge is 0.407 e. The van der Waals surface area contributed by atoms with Crippen molar-refractivity contribution in [2.24, 2.45) is 11.7 Å². The second-order valence-corrected chi connectivity index (χ2v) is 5.24. The number of piperidine rings is 1. The zero-order valence-electron chi connectivity index (χ0n) is 10.4. The van der Waals surface area contributed by atoms with E-state index in [1.165, 1.54) is 0 Å². The Balaban J connectivity index is 2.42. The van der Waals surface area contributed by atoms with Gasteiger partial charge in [-0.3, -0.25) is 0 Å². The standard InChI is InChI=1S/C11H23N3O2/c1-11(2,3)16-10(15)14-9-4-5-13-7-8(9)6-12/h8-9,13H,4-7,12H2,1-3H3,(H,14,15). The van der Waals surface area contributed by atoms with Crippen molar-refractivity contribution >= 4 is 6.09 Å². The van der Waals surface area contributed by atoms with Crippen LogP contribution in [0.4, 0.5) is 4.79 Å². The van der Waals surface area contributed by atoms with Crippen LogP contribution in [0.15, 0.2) is 0 Å². The topological polar surface area (TPSA) is 76.4 Å². The van der Waals surface area contributed by atoms with Gasteiger partial charge >= 0.3 is 6.09 Å². The van der Waals surface area contributed by atoms with Gasteiger partial charge in [-0.25, -0.2) is 4.79 Å². The molecule has 0 bridgehead atoms. The zero-order chi connectivity index (χ0) is 12.2. The summed E-state index contributed by atoms with van der Waals surface area (Å²) in [5.74, 6) is 0.293. The fourth-order valence-electron chi connectivity index (χ4n) is 1.82. The lowest BCUT2D eigenvalue weighted by molar-refractivity contribution is 0.0476. The predicted octanol–water partition coefficient (Wildman–Crippen LogP) is 0.448. The molecule has 1 amide bonds. The fourth-order valence-corrected chi connectivity index (χ4v) is 1.82. The molecular weight excluding hydrogens is 206 g/mol. The van der Waals surface area contributed by atoms with Crippen molar-refractivity contribution in [1.82, 2.24) is 10.6 Å². The van der Waals surface area contributed by atoms with E-state index in [1.54, 1.807) is 0 Å². The maximum Gasteiger partial charge on any atom is 0.407 e. The first-order chi connectivity index (χ1) is 7.42. The van der Waals surface area contributed by atoms with Gasteiger partial charge in [-0.1, -0.05) is 0 Å². The van der Waals surface area contributed by atoms with E-state index in [0.717, 1.165) is 19.5 Å². The summed E-state index contributed by atoms with van der Waals surface area (Å²) in [5, 5.41) is 6.16. The van der Waals surface area contributed by atoms with E-state index < -0.39 is 5.60 Å². The van der Waals surface area contributed by atoms with Crippen molar-refractivity contribution in [2.75, 3.05) is 19.6 Å². The van der Waals surface area contributed by atoms with Crippen LogP contribution in [0.3, 0.4) is 0 Å². The predicted molar refractivity (Wildman–Crippen MR) is 63.2 cm³/mol. The number of amides is 1. The molecule has 0 aromatic rings. The maximum atomic E-state index is 11.6. The Morgan fingerprint density at radius 2 is 2.25 bits per heavy atom. The summed E-state index contributed by atoms with van der Waals surface area (Å²) in [7, 11) is 0. The van der Waals surface area contributed by atoms with Crippen LogP contribution >= 0.6 is 0 Å². The molecule has 0 aromatic carbocycles. The van der Waals surface area contributed by atoms with Crippen molar-refractivity contribution in [3.8, 4) is 0 Å². The SMILES string of the molecule is CC(C)(C)OC(=O)NC1CCNCC1CN. The Labute approximate surface area is 97.1 Å². The normalized spacial score (nSPS) is 26.2. The number of alkyl carbamates (subject to hydrolysis) is 1. The van der Waals surface area contributed by atoms with Crippen LogP contribution in [-0.2, 0) is 4.74 Å². The van der Waals surface area contributed by atoms with Crippen LogP contribution in [-0.4, -0.2) is 37.4 Å². The van der Waals surface area contributed by atoms with Gasteiger partial charge in [0.2, 0.25) is 0 Å². The van der Waals surface area contributed by atoms with Crippen LogP contribution in [0, 0.1) is 5.92 Å². The monoisotopic (exact) mass is 229 g/mol. The molecule has 0 radical (unpaired) electrons. The molecule has 1 aliphatic rings. The molecule has 2 unspecified atom stereocenters. The number of rotatable bonds is 2. The number of carbonyl (C=O) groups is 1. The second-order valence-electron chi connectivity index (χ2n) is 5.24. The van der Waals surface area contributed by atoms with Gasteiger partial charge in [0, 0.05) is 18.5 Å². The summed E-state index contributed by atoms with van der Waals surface area (Å²) in [5.41, 5.74) is 5.22. The first-order valence-corrected chi connectivity index (χ1v) is 5.82. The van der Waals surface area contributed by atoms with E-state index in [2.05, 4.69) is 10.6 Å². The van der Waals surface area contributed by atoms with E-state index in [1.807, 2.05) is 20.8 Å². The Kier molecular flexibility index (Phi) is 4.56. The zero-order valence-corrected chi connectivity index (χ0v) is 10.4. The molecule has 4 N–H and O–H groups in total. The highest BCUT2D eigenvalue weighted by Crippen LogP contribution is 2.12. The third-order valence-electron chi connectivity index (χ3n) is 2.61. The van der Waals surface area contributed by atoms with Gasteiger partial charge in [0.25, 0.3) is 0 Å². The average molecular weight is 229 g/mol. The average Bonchev–Trinajstić information content (AvgIpc) is 2.15. The summed E-state index contributed by atoms with van der Waals surface area (Å²) >= 11 is 0. The Morgan fingerprint density at radius 1 is 1.56 bits per heavy atom. The first-order valence-electron chi connectivity index (χ1n) is 5.82. The van der Waals surface area contributed by atoms with Crippen molar-refractivity contribution in [1.29, 1.82) is 0 Å². The quantitative estimate of drug-likeness (QED) is 0.642. The lowest BCUT2D eigenvalue weighted by Gasteiger charge is -2.32. The largest absolute Gasteiger partial charge is 0.444 e. The molecular formula is C11H23N3O2. The van der Waals surface area contributed by atoms with E-state index >= 15 is 0 Å².